The maximum Gasteiger partial charge on any atom is 0.244 e. The first-order chi connectivity index (χ1) is 7.41. The summed E-state index contributed by atoms with van der Waals surface area (Å²) < 4.78 is 0. The van der Waals surface area contributed by atoms with E-state index in [4.69, 9.17) is 5.73 Å². The third-order valence-electron chi connectivity index (χ3n) is 2.46. The van der Waals surface area contributed by atoms with Crippen molar-refractivity contribution in [2.24, 2.45) is 0 Å². The van der Waals surface area contributed by atoms with Crippen molar-refractivity contribution in [3.05, 3.63) is 23.8 Å². The number of carbonyl (C=O) groups excluding carboxylic acids is 1. The molecule has 0 aliphatic rings. The molecule has 0 saturated carbocycles. The van der Waals surface area contributed by atoms with E-state index in [2.05, 4.69) is 5.32 Å². The van der Waals surface area contributed by atoms with Gasteiger partial charge in [-0.2, -0.15) is 0 Å². The average molecular weight is 221 g/mol. The zero-order chi connectivity index (χ0) is 12.3. The van der Waals surface area contributed by atoms with Crippen LogP contribution in [0.1, 0.15) is 12.5 Å². The van der Waals surface area contributed by atoms with E-state index in [9.17, 15) is 4.79 Å². The summed E-state index contributed by atoms with van der Waals surface area (Å²) in [7, 11) is 3.49. The molecule has 3 N–H and O–H groups in total. The number of nitrogens with two attached hydrogens (primary N) is 1. The Balaban J connectivity index is 2.73. The number of hydrogen-bond acceptors (Lipinski definition) is 3. The monoisotopic (exact) mass is 221 g/mol. The van der Waals surface area contributed by atoms with Gasteiger partial charge in [-0.3, -0.25) is 4.79 Å². The van der Waals surface area contributed by atoms with Gasteiger partial charge in [0.1, 0.15) is 6.04 Å². The molecule has 1 amide bonds. The van der Waals surface area contributed by atoms with Gasteiger partial charge in [0, 0.05) is 25.5 Å². The molecule has 1 aromatic rings. The number of carbonyl (C=O) groups is 1. The predicted octanol–water partition coefficient (Wildman–Crippen LogP) is 1.47. The number of nitrogens with one attached hydrogen (secondary N) is 1. The number of amides is 1. The number of hydrogen-bond donors (Lipinski definition) is 2. The number of rotatable bonds is 3. The second kappa shape index (κ2) is 4.88. The molecular weight excluding hydrogens is 202 g/mol. The van der Waals surface area contributed by atoms with Crippen LogP contribution in [-0.4, -0.2) is 30.9 Å². The fourth-order valence-corrected chi connectivity index (χ4v) is 1.46. The molecule has 0 aliphatic carbocycles. The van der Waals surface area contributed by atoms with E-state index < -0.39 is 0 Å². The van der Waals surface area contributed by atoms with Gasteiger partial charge in [0.2, 0.25) is 5.91 Å². The highest BCUT2D eigenvalue weighted by molar-refractivity contribution is 5.83. The lowest BCUT2D eigenvalue weighted by atomic mass is 10.1. The minimum atomic E-state index is -0.238. The summed E-state index contributed by atoms with van der Waals surface area (Å²) in [5.41, 5.74) is 8.41. The van der Waals surface area contributed by atoms with E-state index in [0.29, 0.717) is 0 Å². The highest BCUT2D eigenvalue weighted by Gasteiger charge is 2.14. The maximum atomic E-state index is 11.6. The lowest BCUT2D eigenvalue weighted by Crippen LogP contribution is -2.36. The van der Waals surface area contributed by atoms with Crippen molar-refractivity contribution in [3.63, 3.8) is 0 Å². The van der Waals surface area contributed by atoms with Crippen LogP contribution in [-0.2, 0) is 4.79 Å². The topological polar surface area (TPSA) is 58.4 Å². The zero-order valence-corrected chi connectivity index (χ0v) is 10.2. The molecule has 0 spiro atoms. The van der Waals surface area contributed by atoms with Crippen LogP contribution in [0, 0.1) is 6.92 Å². The lowest BCUT2D eigenvalue weighted by molar-refractivity contribution is -0.129. The van der Waals surface area contributed by atoms with Crippen molar-refractivity contribution in [2.75, 3.05) is 25.1 Å². The van der Waals surface area contributed by atoms with E-state index in [1.807, 2.05) is 32.0 Å². The Labute approximate surface area is 96.4 Å². The SMILES string of the molecule is Cc1cc(NC(C)C(=O)N(C)C)ccc1N. The van der Waals surface area contributed by atoms with E-state index in [1.165, 1.54) is 0 Å². The first-order valence-electron chi connectivity index (χ1n) is 5.25. The fraction of sp³-hybridized carbons (Fsp3) is 0.417. The molecule has 16 heavy (non-hydrogen) atoms. The van der Waals surface area contributed by atoms with E-state index in [-0.39, 0.29) is 11.9 Å². The van der Waals surface area contributed by atoms with Gasteiger partial charge < -0.3 is 16.0 Å². The van der Waals surface area contributed by atoms with Crippen LogP contribution in [0.15, 0.2) is 18.2 Å². The van der Waals surface area contributed by atoms with Crippen LogP contribution in [0.2, 0.25) is 0 Å². The zero-order valence-electron chi connectivity index (χ0n) is 10.2. The standard InChI is InChI=1S/C12H19N3O/c1-8-7-10(5-6-11(8)13)14-9(2)12(16)15(3)4/h5-7,9,14H,13H2,1-4H3. The van der Waals surface area contributed by atoms with Crippen LogP contribution in [0.5, 0.6) is 0 Å². The van der Waals surface area contributed by atoms with Gasteiger partial charge in [-0.15, -0.1) is 0 Å². The molecule has 1 unspecified atom stereocenters. The first-order valence-corrected chi connectivity index (χ1v) is 5.25. The van der Waals surface area contributed by atoms with E-state index in [0.717, 1.165) is 16.9 Å². The summed E-state index contributed by atoms with van der Waals surface area (Å²) in [4.78, 5) is 13.2. The van der Waals surface area contributed by atoms with Gasteiger partial charge in [0.05, 0.1) is 0 Å². The molecule has 0 bridgehead atoms. The van der Waals surface area contributed by atoms with Gasteiger partial charge in [0.15, 0.2) is 0 Å². The molecule has 4 nitrogen and oxygen atoms in total. The second-order valence-electron chi connectivity index (χ2n) is 4.17. The quantitative estimate of drug-likeness (QED) is 0.760. The summed E-state index contributed by atoms with van der Waals surface area (Å²) in [6.07, 6.45) is 0. The van der Waals surface area contributed by atoms with E-state index in [1.54, 1.807) is 19.0 Å². The molecule has 0 radical (unpaired) electrons. The predicted molar refractivity (Wildman–Crippen MR) is 67.4 cm³/mol. The number of nitrogens with zero attached hydrogens (tertiary/aromatic N) is 1. The smallest absolute Gasteiger partial charge is 0.244 e. The summed E-state index contributed by atoms with van der Waals surface area (Å²) in [6, 6.07) is 5.42. The van der Waals surface area contributed by atoms with Gasteiger partial charge in [0.25, 0.3) is 0 Å². The van der Waals surface area contributed by atoms with Gasteiger partial charge in [-0.25, -0.2) is 0 Å². The molecule has 0 heterocycles. The highest BCUT2D eigenvalue weighted by atomic mass is 16.2. The Morgan fingerprint density at radius 3 is 2.56 bits per heavy atom. The Kier molecular flexibility index (Phi) is 3.77. The molecule has 0 aliphatic heterocycles. The fourth-order valence-electron chi connectivity index (χ4n) is 1.46. The van der Waals surface area contributed by atoms with Gasteiger partial charge in [-0.1, -0.05) is 0 Å². The largest absolute Gasteiger partial charge is 0.399 e. The molecule has 1 aromatic carbocycles. The Morgan fingerprint density at radius 1 is 1.44 bits per heavy atom. The first kappa shape index (κ1) is 12.4. The average Bonchev–Trinajstić information content (AvgIpc) is 2.22. The van der Waals surface area contributed by atoms with Crippen molar-refractivity contribution < 1.29 is 4.79 Å². The Morgan fingerprint density at radius 2 is 2.06 bits per heavy atom. The summed E-state index contributed by atoms with van der Waals surface area (Å²) in [6.45, 7) is 3.78. The normalized spacial score (nSPS) is 12.0. The minimum Gasteiger partial charge on any atom is -0.399 e. The van der Waals surface area contributed by atoms with Gasteiger partial charge in [-0.05, 0) is 37.6 Å². The molecule has 0 saturated heterocycles. The molecule has 1 atom stereocenters. The summed E-state index contributed by atoms with van der Waals surface area (Å²) >= 11 is 0. The second-order valence-corrected chi connectivity index (χ2v) is 4.17. The lowest BCUT2D eigenvalue weighted by Gasteiger charge is -2.19. The van der Waals surface area contributed by atoms with Crippen LogP contribution in [0.3, 0.4) is 0 Å². The molecule has 4 heteroatoms. The number of nitrogen functional groups attached to an aromatic ring is 1. The van der Waals surface area contributed by atoms with Crippen molar-refractivity contribution in [2.45, 2.75) is 19.9 Å². The van der Waals surface area contributed by atoms with Gasteiger partial charge >= 0.3 is 0 Å². The van der Waals surface area contributed by atoms with Crippen LogP contribution in [0.4, 0.5) is 11.4 Å². The van der Waals surface area contributed by atoms with Crippen molar-refractivity contribution >= 4 is 17.3 Å². The number of aryl methyl sites for hydroxylation is 1. The van der Waals surface area contributed by atoms with Crippen LogP contribution < -0.4 is 11.1 Å². The molecule has 1 rings (SSSR count). The van der Waals surface area contributed by atoms with Crippen LogP contribution >= 0.6 is 0 Å². The maximum absolute atomic E-state index is 11.6. The van der Waals surface area contributed by atoms with E-state index >= 15 is 0 Å². The van der Waals surface area contributed by atoms with Crippen molar-refractivity contribution in [3.8, 4) is 0 Å². The highest BCUT2D eigenvalue weighted by Crippen LogP contribution is 2.17. The van der Waals surface area contributed by atoms with Crippen molar-refractivity contribution in [1.29, 1.82) is 0 Å². The van der Waals surface area contributed by atoms with Crippen molar-refractivity contribution in [1.82, 2.24) is 4.90 Å². The third kappa shape index (κ3) is 2.89. The van der Waals surface area contributed by atoms with Crippen LogP contribution in [0.25, 0.3) is 0 Å². The minimum absolute atomic E-state index is 0.0504. The number of likely N-dealkylation sites (N-methyl/N-ethyl adjacent to an activating group) is 1. The molecule has 0 fully saturated rings. The third-order valence-corrected chi connectivity index (χ3v) is 2.46. The Hall–Kier alpha value is -1.71. The molecule has 88 valence electrons. The summed E-state index contributed by atoms with van der Waals surface area (Å²) in [5.74, 6) is 0.0504. The summed E-state index contributed by atoms with van der Waals surface area (Å²) in [5, 5.41) is 3.14. The number of anilines is 2. The number of benzene rings is 1. The molecule has 0 aromatic heterocycles. The molecular formula is C12H19N3O. The Bertz CT molecular complexity index is 388.